The van der Waals surface area contributed by atoms with Crippen molar-refractivity contribution in [1.82, 2.24) is 15.5 Å². The van der Waals surface area contributed by atoms with Crippen LogP contribution in [0, 0.1) is 5.82 Å². The Hall–Kier alpha value is -2.57. The molecule has 128 valence electrons. The summed E-state index contributed by atoms with van der Waals surface area (Å²) in [6, 6.07) is 14.3. The van der Waals surface area contributed by atoms with Gasteiger partial charge in [0.25, 0.3) is 0 Å². The molecule has 6 heteroatoms. The predicted octanol–water partition coefficient (Wildman–Crippen LogP) is 2.21. The van der Waals surface area contributed by atoms with Crippen LogP contribution in [0.15, 0.2) is 48.5 Å². The summed E-state index contributed by atoms with van der Waals surface area (Å²) in [7, 11) is 0. The van der Waals surface area contributed by atoms with Gasteiger partial charge in [-0.2, -0.15) is 0 Å². The number of rotatable bonds is 3. The molecule has 1 atom stereocenters. The normalized spacial score (nSPS) is 17.8. The van der Waals surface area contributed by atoms with Crippen molar-refractivity contribution < 1.29 is 9.50 Å². The molecule has 1 unspecified atom stereocenters. The summed E-state index contributed by atoms with van der Waals surface area (Å²) in [4.78, 5) is 2.15. The molecule has 0 saturated carbocycles. The van der Waals surface area contributed by atoms with Gasteiger partial charge in [-0.15, -0.1) is 10.2 Å². The molecule has 0 amide bonds. The Morgan fingerprint density at radius 1 is 1.08 bits per heavy atom. The van der Waals surface area contributed by atoms with Gasteiger partial charge in [0, 0.05) is 42.0 Å². The lowest BCUT2D eigenvalue weighted by molar-refractivity contribution is 0.235. The van der Waals surface area contributed by atoms with E-state index in [-0.39, 0.29) is 18.5 Å². The lowest BCUT2D eigenvalue weighted by Gasteiger charge is -2.34. The highest BCUT2D eigenvalue weighted by atomic mass is 19.1. The first kappa shape index (κ1) is 15.9. The molecule has 2 N–H and O–H groups in total. The molecule has 0 spiro atoms. The zero-order chi connectivity index (χ0) is 17.2. The van der Waals surface area contributed by atoms with Crippen molar-refractivity contribution in [3.63, 3.8) is 0 Å². The van der Waals surface area contributed by atoms with Gasteiger partial charge in [0.15, 0.2) is 5.82 Å². The number of aromatic nitrogens is 2. The minimum atomic E-state index is -0.270. The number of piperazine rings is 1. The third-order valence-corrected chi connectivity index (χ3v) is 4.56. The van der Waals surface area contributed by atoms with Gasteiger partial charge >= 0.3 is 0 Å². The highest BCUT2D eigenvalue weighted by Gasteiger charge is 2.22. The summed E-state index contributed by atoms with van der Waals surface area (Å²) in [5.41, 5.74) is 1.58. The average molecular weight is 338 g/mol. The number of aliphatic hydroxyl groups excluding tert-OH is 1. The fourth-order valence-electron chi connectivity index (χ4n) is 3.28. The van der Waals surface area contributed by atoms with Crippen LogP contribution in [0.3, 0.4) is 0 Å². The standard InChI is InChI=1S/C19H19FN4O/c20-14-7-5-13(6-8-14)18-16-3-1-2-4-17(16)19(23-22-18)24-10-9-21-15(11-24)12-25/h1-8,15,21,25H,9-12H2. The predicted molar refractivity (Wildman–Crippen MR) is 96.0 cm³/mol. The van der Waals surface area contributed by atoms with Gasteiger partial charge in [-0.05, 0) is 24.3 Å². The van der Waals surface area contributed by atoms with Crippen molar-refractivity contribution in [2.75, 3.05) is 31.1 Å². The Morgan fingerprint density at radius 3 is 2.60 bits per heavy atom. The maximum absolute atomic E-state index is 13.2. The summed E-state index contributed by atoms with van der Waals surface area (Å²) in [6.07, 6.45) is 0. The third kappa shape index (κ3) is 3.06. The molecule has 0 aliphatic carbocycles. The van der Waals surface area contributed by atoms with Gasteiger partial charge in [0.2, 0.25) is 0 Å². The van der Waals surface area contributed by atoms with Crippen LogP contribution in [0.5, 0.6) is 0 Å². The zero-order valence-electron chi connectivity index (χ0n) is 13.7. The Labute approximate surface area is 145 Å². The maximum atomic E-state index is 13.2. The van der Waals surface area contributed by atoms with Crippen LogP contribution in [0.4, 0.5) is 10.2 Å². The van der Waals surface area contributed by atoms with E-state index in [1.165, 1.54) is 12.1 Å². The second kappa shape index (κ2) is 6.74. The van der Waals surface area contributed by atoms with Gasteiger partial charge in [-0.25, -0.2) is 4.39 Å². The minimum absolute atomic E-state index is 0.0334. The topological polar surface area (TPSA) is 61.3 Å². The number of halogens is 1. The van der Waals surface area contributed by atoms with Crippen LogP contribution in [0.25, 0.3) is 22.0 Å². The Kier molecular flexibility index (Phi) is 4.29. The molecule has 5 nitrogen and oxygen atoms in total. The lowest BCUT2D eigenvalue weighted by atomic mass is 10.0. The van der Waals surface area contributed by atoms with Gasteiger partial charge in [-0.3, -0.25) is 0 Å². The van der Waals surface area contributed by atoms with E-state index in [1.807, 2.05) is 24.3 Å². The molecule has 3 aromatic rings. The van der Waals surface area contributed by atoms with E-state index < -0.39 is 0 Å². The van der Waals surface area contributed by atoms with Crippen LogP contribution in [0.2, 0.25) is 0 Å². The molecular weight excluding hydrogens is 319 g/mol. The fraction of sp³-hybridized carbons (Fsp3) is 0.263. The van der Waals surface area contributed by atoms with E-state index >= 15 is 0 Å². The first-order valence-corrected chi connectivity index (χ1v) is 8.37. The largest absolute Gasteiger partial charge is 0.395 e. The van der Waals surface area contributed by atoms with Gasteiger partial charge in [0.05, 0.1) is 6.61 Å². The van der Waals surface area contributed by atoms with Gasteiger partial charge < -0.3 is 15.3 Å². The second-order valence-electron chi connectivity index (χ2n) is 6.20. The first-order chi connectivity index (χ1) is 12.3. The number of fused-ring (bicyclic) bond motifs is 1. The molecule has 1 aliphatic rings. The quantitative estimate of drug-likeness (QED) is 0.767. The highest BCUT2D eigenvalue weighted by molar-refractivity contribution is 6.00. The summed E-state index contributed by atoms with van der Waals surface area (Å²) in [5, 5.41) is 23.6. The van der Waals surface area contributed by atoms with Crippen LogP contribution < -0.4 is 10.2 Å². The molecule has 25 heavy (non-hydrogen) atoms. The van der Waals surface area contributed by atoms with Crippen LogP contribution in [0.1, 0.15) is 0 Å². The number of nitrogens with one attached hydrogen (secondary N) is 1. The van der Waals surface area contributed by atoms with Gasteiger partial charge in [0.1, 0.15) is 11.5 Å². The van der Waals surface area contributed by atoms with Crippen LogP contribution in [-0.2, 0) is 0 Å². The highest BCUT2D eigenvalue weighted by Crippen LogP contribution is 2.31. The fourth-order valence-corrected chi connectivity index (χ4v) is 3.28. The van der Waals surface area contributed by atoms with Crippen LogP contribution >= 0.6 is 0 Å². The van der Waals surface area contributed by atoms with E-state index in [9.17, 15) is 9.50 Å². The van der Waals surface area contributed by atoms with Crippen molar-refractivity contribution >= 4 is 16.6 Å². The van der Waals surface area contributed by atoms with Crippen molar-refractivity contribution in [3.05, 3.63) is 54.3 Å². The lowest BCUT2D eigenvalue weighted by Crippen LogP contribution is -2.52. The summed E-state index contributed by atoms with van der Waals surface area (Å²) >= 11 is 0. The molecule has 1 aliphatic heterocycles. The van der Waals surface area contributed by atoms with E-state index in [2.05, 4.69) is 20.4 Å². The maximum Gasteiger partial charge on any atom is 0.159 e. The first-order valence-electron chi connectivity index (χ1n) is 8.37. The van der Waals surface area contributed by atoms with Gasteiger partial charge in [-0.1, -0.05) is 24.3 Å². The molecule has 1 aromatic heterocycles. The van der Waals surface area contributed by atoms with Crippen molar-refractivity contribution in [2.24, 2.45) is 0 Å². The summed E-state index contributed by atoms with van der Waals surface area (Å²) in [5.74, 6) is 0.551. The second-order valence-corrected chi connectivity index (χ2v) is 6.20. The molecule has 2 aromatic carbocycles. The molecule has 0 bridgehead atoms. The van der Waals surface area contributed by atoms with E-state index in [4.69, 9.17) is 0 Å². The van der Waals surface area contributed by atoms with Crippen molar-refractivity contribution in [3.8, 4) is 11.3 Å². The molecule has 1 fully saturated rings. The molecule has 2 heterocycles. The smallest absolute Gasteiger partial charge is 0.159 e. The number of benzene rings is 2. The number of nitrogens with zero attached hydrogens (tertiary/aromatic N) is 3. The Bertz CT molecular complexity index is 884. The Balaban J connectivity index is 1.80. The molecule has 4 rings (SSSR count). The molecule has 1 saturated heterocycles. The monoisotopic (exact) mass is 338 g/mol. The van der Waals surface area contributed by atoms with E-state index in [0.717, 1.165) is 40.9 Å². The number of hydrogen-bond acceptors (Lipinski definition) is 5. The zero-order valence-corrected chi connectivity index (χ0v) is 13.7. The summed E-state index contributed by atoms with van der Waals surface area (Å²) in [6.45, 7) is 2.38. The minimum Gasteiger partial charge on any atom is -0.395 e. The molecular formula is C19H19FN4O. The van der Waals surface area contributed by atoms with E-state index in [0.29, 0.717) is 6.54 Å². The average Bonchev–Trinajstić information content (AvgIpc) is 2.68. The molecule has 0 radical (unpaired) electrons. The summed E-state index contributed by atoms with van der Waals surface area (Å²) < 4.78 is 13.2. The number of hydrogen-bond donors (Lipinski definition) is 2. The Morgan fingerprint density at radius 2 is 1.84 bits per heavy atom. The van der Waals surface area contributed by atoms with Crippen LogP contribution in [-0.4, -0.2) is 47.6 Å². The van der Waals surface area contributed by atoms with Crippen molar-refractivity contribution in [2.45, 2.75) is 6.04 Å². The van der Waals surface area contributed by atoms with E-state index in [1.54, 1.807) is 12.1 Å². The van der Waals surface area contributed by atoms with Crippen molar-refractivity contribution in [1.29, 1.82) is 0 Å². The number of aliphatic hydroxyl groups is 1. The third-order valence-electron chi connectivity index (χ3n) is 4.56. The SMILES string of the molecule is OCC1CN(c2nnc(-c3ccc(F)cc3)c3ccccc23)CCN1. The number of anilines is 1.